The number of aromatic nitrogens is 3. The molecule has 3 aromatic rings. The van der Waals surface area contributed by atoms with Gasteiger partial charge in [-0.1, -0.05) is 18.3 Å². The Labute approximate surface area is 184 Å². The van der Waals surface area contributed by atoms with Crippen LogP contribution < -0.4 is 16.0 Å². The van der Waals surface area contributed by atoms with E-state index >= 15 is 0 Å². The van der Waals surface area contributed by atoms with Gasteiger partial charge in [0.25, 0.3) is 5.91 Å². The van der Waals surface area contributed by atoms with E-state index in [1.807, 2.05) is 6.92 Å². The second kappa shape index (κ2) is 8.26. The number of alkyl halides is 3. The van der Waals surface area contributed by atoms with Crippen molar-refractivity contribution in [3.8, 4) is 16.3 Å². The Kier molecular flexibility index (Phi) is 5.63. The van der Waals surface area contributed by atoms with Gasteiger partial charge in [0.1, 0.15) is 0 Å². The maximum Gasteiger partial charge on any atom is 0.418 e. The first-order chi connectivity index (χ1) is 15.2. The summed E-state index contributed by atoms with van der Waals surface area (Å²) in [5, 5.41) is 12.2. The average Bonchev–Trinajstić information content (AvgIpc) is 3.41. The van der Waals surface area contributed by atoms with E-state index in [1.165, 1.54) is 41.4 Å². The van der Waals surface area contributed by atoms with E-state index in [-0.39, 0.29) is 11.3 Å². The van der Waals surface area contributed by atoms with Crippen molar-refractivity contribution in [2.45, 2.75) is 25.9 Å². The Bertz CT molecular complexity index is 1200. The van der Waals surface area contributed by atoms with Gasteiger partial charge in [0, 0.05) is 31.1 Å². The van der Waals surface area contributed by atoms with Crippen LogP contribution in [0.1, 0.15) is 40.5 Å². The molecule has 1 aliphatic carbocycles. The smallest absolute Gasteiger partial charge is 0.355 e. The molecule has 4 rings (SSSR count). The minimum absolute atomic E-state index is 0.101. The van der Waals surface area contributed by atoms with Crippen molar-refractivity contribution in [1.29, 1.82) is 0 Å². The van der Waals surface area contributed by atoms with E-state index in [9.17, 15) is 22.8 Å². The van der Waals surface area contributed by atoms with Crippen LogP contribution in [0.25, 0.3) is 16.3 Å². The number of nitrogens with zero attached hydrogens (tertiary/aromatic N) is 3. The maximum absolute atomic E-state index is 13.8. The molecule has 0 saturated heterocycles. The monoisotopic (exact) mass is 464 g/mol. The van der Waals surface area contributed by atoms with Gasteiger partial charge in [-0.2, -0.15) is 18.3 Å². The molecular formula is C20H19F3N6O2S. The van der Waals surface area contributed by atoms with E-state index in [2.05, 4.69) is 26.0 Å². The lowest BCUT2D eigenvalue weighted by atomic mass is 10.1. The molecule has 1 aliphatic rings. The quantitative estimate of drug-likeness (QED) is 0.418. The number of hydrogen-bond donors (Lipinski definition) is 3. The standard InChI is InChI=1S/C20H19F3N6O2S/c1-3-6-25-18(31)28-19-27-13-8-11-9-26-29(15(11)16(13)32-19)14-5-4-10(17(30)24-2)7-12(14)20(21,22)23/h4-5,7,9H,3,6,8H2,1-2H3,(H,24,30)(H2,25,27,28,31). The molecule has 3 N–H and O–H groups in total. The summed E-state index contributed by atoms with van der Waals surface area (Å²) in [7, 11) is 1.35. The zero-order chi connectivity index (χ0) is 23.0. The van der Waals surface area contributed by atoms with Crippen molar-refractivity contribution in [1.82, 2.24) is 25.4 Å². The second-order valence-corrected chi connectivity index (χ2v) is 8.09. The summed E-state index contributed by atoms with van der Waals surface area (Å²) in [5.74, 6) is -0.616. The molecule has 1 aromatic carbocycles. The number of nitrogens with one attached hydrogen (secondary N) is 3. The van der Waals surface area contributed by atoms with Crippen LogP contribution in [0, 0.1) is 0 Å². The van der Waals surface area contributed by atoms with Gasteiger partial charge >= 0.3 is 12.2 Å². The molecule has 0 radical (unpaired) electrons. The number of halogens is 3. The van der Waals surface area contributed by atoms with Crippen LogP contribution in [0.15, 0.2) is 24.4 Å². The summed E-state index contributed by atoms with van der Waals surface area (Å²) < 4.78 is 42.8. The van der Waals surface area contributed by atoms with Crippen LogP contribution in [0.3, 0.4) is 0 Å². The van der Waals surface area contributed by atoms with Crippen LogP contribution in [-0.2, 0) is 12.6 Å². The minimum atomic E-state index is -4.70. The van der Waals surface area contributed by atoms with Crippen molar-refractivity contribution in [3.05, 3.63) is 46.8 Å². The SMILES string of the molecule is CCCNC(=O)Nc1nc2c(s1)-c1c(cnn1-c1ccc(C(=O)NC)cc1C(F)(F)F)C2. The third kappa shape index (κ3) is 3.93. The van der Waals surface area contributed by atoms with Gasteiger partial charge in [-0.15, -0.1) is 0 Å². The molecule has 0 fully saturated rings. The molecule has 12 heteroatoms. The van der Waals surface area contributed by atoms with Gasteiger partial charge in [0.05, 0.1) is 33.7 Å². The van der Waals surface area contributed by atoms with E-state index < -0.39 is 23.7 Å². The van der Waals surface area contributed by atoms with Crippen LogP contribution in [0.5, 0.6) is 0 Å². The number of carbonyl (C=O) groups excluding carboxylic acids is 2. The molecule has 2 aromatic heterocycles. The zero-order valence-electron chi connectivity index (χ0n) is 17.1. The van der Waals surface area contributed by atoms with Gasteiger partial charge < -0.3 is 10.6 Å². The Morgan fingerprint density at radius 3 is 2.75 bits per heavy atom. The maximum atomic E-state index is 13.8. The Morgan fingerprint density at radius 2 is 2.06 bits per heavy atom. The average molecular weight is 464 g/mol. The predicted molar refractivity (Wildman–Crippen MR) is 113 cm³/mol. The van der Waals surface area contributed by atoms with E-state index in [1.54, 1.807) is 0 Å². The summed E-state index contributed by atoms with van der Waals surface area (Å²) in [6, 6.07) is 2.98. The fourth-order valence-electron chi connectivity index (χ4n) is 3.44. The Balaban J connectivity index is 1.74. The van der Waals surface area contributed by atoms with Crippen LogP contribution in [0.4, 0.5) is 23.1 Å². The highest BCUT2D eigenvalue weighted by Gasteiger charge is 2.37. The zero-order valence-corrected chi connectivity index (χ0v) is 17.9. The first-order valence-electron chi connectivity index (χ1n) is 9.78. The largest absolute Gasteiger partial charge is 0.418 e. The lowest BCUT2D eigenvalue weighted by molar-refractivity contribution is -0.137. The molecular weight excluding hydrogens is 445 g/mol. The summed E-state index contributed by atoms with van der Waals surface area (Å²) in [4.78, 5) is 28.8. The van der Waals surface area contributed by atoms with E-state index in [0.29, 0.717) is 34.4 Å². The van der Waals surface area contributed by atoms with Crippen LogP contribution in [0.2, 0.25) is 0 Å². The van der Waals surface area contributed by atoms with Crippen molar-refractivity contribution >= 4 is 28.4 Å². The highest BCUT2D eigenvalue weighted by molar-refractivity contribution is 7.19. The number of urea groups is 1. The number of carbonyl (C=O) groups is 2. The van der Waals surface area contributed by atoms with E-state index in [0.717, 1.165) is 18.1 Å². The summed E-state index contributed by atoms with van der Waals surface area (Å²) in [5.41, 5.74) is 0.637. The second-order valence-electron chi connectivity index (χ2n) is 7.09. The van der Waals surface area contributed by atoms with Crippen LogP contribution in [-0.4, -0.2) is 40.3 Å². The van der Waals surface area contributed by atoms with Gasteiger partial charge in [-0.3, -0.25) is 10.1 Å². The summed E-state index contributed by atoms with van der Waals surface area (Å²) in [6.07, 6.45) is -2.00. The Morgan fingerprint density at radius 1 is 1.28 bits per heavy atom. The molecule has 8 nitrogen and oxygen atoms in total. The van der Waals surface area contributed by atoms with Crippen molar-refractivity contribution in [2.75, 3.05) is 18.9 Å². The number of thiazole rings is 1. The molecule has 0 aliphatic heterocycles. The topological polar surface area (TPSA) is 101 Å². The van der Waals surface area contributed by atoms with E-state index in [4.69, 9.17) is 0 Å². The number of benzene rings is 1. The number of hydrogen-bond acceptors (Lipinski definition) is 5. The van der Waals surface area contributed by atoms with Gasteiger partial charge in [0.15, 0.2) is 5.13 Å². The predicted octanol–water partition coefficient (Wildman–Crippen LogP) is 3.81. The van der Waals surface area contributed by atoms with Crippen LogP contribution >= 0.6 is 11.3 Å². The first-order valence-corrected chi connectivity index (χ1v) is 10.6. The molecule has 3 amide bonds. The molecule has 2 heterocycles. The van der Waals surface area contributed by atoms with Crippen molar-refractivity contribution < 1.29 is 22.8 Å². The number of fused-ring (bicyclic) bond motifs is 3. The fourth-order valence-corrected chi connectivity index (χ4v) is 4.48. The highest BCUT2D eigenvalue weighted by Crippen LogP contribution is 2.44. The number of amides is 3. The van der Waals surface area contributed by atoms with Gasteiger partial charge in [-0.25, -0.2) is 14.5 Å². The Hall–Kier alpha value is -3.41. The first kappa shape index (κ1) is 21.8. The molecule has 0 atom stereocenters. The number of rotatable bonds is 5. The third-order valence-corrected chi connectivity index (χ3v) is 5.91. The molecule has 168 valence electrons. The lowest BCUT2D eigenvalue weighted by Crippen LogP contribution is -2.29. The summed E-state index contributed by atoms with van der Waals surface area (Å²) in [6.45, 7) is 2.44. The highest BCUT2D eigenvalue weighted by atomic mass is 32.1. The third-order valence-electron chi connectivity index (χ3n) is 4.89. The lowest BCUT2D eigenvalue weighted by Gasteiger charge is -2.15. The van der Waals surface area contributed by atoms with Gasteiger partial charge in [-0.05, 0) is 24.6 Å². The molecule has 0 unspecified atom stereocenters. The molecule has 32 heavy (non-hydrogen) atoms. The van der Waals surface area contributed by atoms with Gasteiger partial charge in [0.2, 0.25) is 0 Å². The summed E-state index contributed by atoms with van der Waals surface area (Å²) >= 11 is 1.18. The minimum Gasteiger partial charge on any atom is -0.355 e. The normalized spacial score (nSPS) is 12.3. The molecule has 0 saturated carbocycles. The van der Waals surface area contributed by atoms with Crippen molar-refractivity contribution in [3.63, 3.8) is 0 Å². The molecule has 0 bridgehead atoms. The van der Waals surface area contributed by atoms with Crippen molar-refractivity contribution in [2.24, 2.45) is 0 Å². The number of anilines is 1. The molecule has 0 spiro atoms. The fraction of sp³-hybridized carbons (Fsp3) is 0.300.